The van der Waals surface area contributed by atoms with E-state index in [0.29, 0.717) is 16.9 Å². The summed E-state index contributed by atoms with van der Waals surface area (Å²) in [6, 6.07) is 21.0. The molecule has 0 heterocycles. The Balaban J connectivity index is 1.85. The first-order valence-electron chi connectivity index (χ1n) is 9.10. The Morgan fingerprint density at radius 1 is 0.857 bits per heavy atom. The van der Waals surface area contributed by atoms with Crippen molar-refractivity contribution in [3.63, 3.8) is 0 Å². The van der Waals surface area contributed by atoms with Crippen molar-refractivity contribution >= 4 is 28.7 Å². The number of hydrogen-bond acceptors (Lipinski definition) is 4. The van der Waals surface area contributed by atoms with Gasteiger partial charge in [-0.3, -0.25) is 4.79 Å². The van der Waals surface area contributed by atoms with E-state index in [0.717, 1.165) is 16.9 Å². The zero-order valence-electron chi connectivity index (χ0n) is 16.6. The van der Waals surface area contributed by atoms with E-state index < -0.39 is 0 Å². The molecule has 0 radical (unpaired) electrons. The number of benzene rings is 3. The van der Waals surface area contributed by atoms with Gasteiger partial charge >= 0.3 is 0 Å². The summed E-state index contributed by atoms with van der Waals surface area (Å²) in [6.07, 6.45) is 0. The minimum Gasteiger partial charge on any atom is -0.378 e. The monoisotopic (exact) mass is 372 g/mol. The summed E-state index contributed by atoms with van der Waals surface area (Å²) >= 11 is 0. The Hall–Kier alpha value is -3.47. The van der Waals surface area contributed by atoms with Crippen LogP contribution in [0.4, 0.5) is 22.7 Å². The molecule has 0 aliphatic rings. The fourth-order valence-corrected chi connectivity index (χ4v) is 2.67. The normalized spacial score (nSPS) is 10.9. The van der Waals surface area contributed by atoms with Crippen LogP contribution in [0, 0.1) is 13.8 Å². The minimum atomic E-state index is -0.181. The number of hydrogen-bond donors (Lipinski definition) is 1. The Morgan fingerprint density at radius 2 is 1.57 bits per heavy atom. The maximum atomic E-state index is 12.7. The molecule has 142 valence electrons. The fraction of sp³-hybridized carbons (Fsp3) is 0.174. The van der Waals surface area contributed by atoms with Gasteiger partial charge in [0.15, 0.2) is 0 Å². The second kappa shape index (κ2) is 8.48. The number of azo groups is 1. The highest BCUT2D eigenvalue weighted by molar-refractivity contribution is 6.06. The van der Waals surface area contributed by atoms with E-state index in [-0.39, 0.29) is 5.91 Å². The first-order chi connectivity index (χ1) is 13.4. The molecule has 5 heteroatoms. The predicted octanol–water partition coefficient (Wildman–Crippen LogP) is 6.04. The molecule has 0 spiro atoms. The molecule has 28 heavy (non-hydrogen) atoms. The molecule has 0 aromatic heterocycles. The largest absolute Gasteiger partial charge is 0.378 e. The Bertz CT molecular complexity index is 1010. The summed E-state index contributed by atoms with van der Waals surface area (Å²) in [5, 5.41) is 11.6. The topological polar surface area (TPSA) is 57.1 Å². The minimum absolute atomic E-state index is 0.181. The Morgan fingerprint density at radius 3 is 2.29 bits per heavy atom. The van der Waals surface area contributed by atoms with Crippen LogP contribution >= 0.6 is 0 Å². The number of amides is 1. The average Bonchev–Trinajstić information content (AvgIpc) is 2.69. The van der Waals surface area contributed by atoms with Crippen molar-refractivity contribution in [2.24, 2.45) is 10.2 Å². The van der Waals surface area contributed by atoms with E-state index in [2.05, 4.69) is 15.5 Å². The van der Waals surface area contributed by atoms with Crippen molar-refractivity contribution in [2.45, 2.75) is 13.8 Å². The molecule has 0 aliphatic heterocycles. The van der Waals surface area contributed by atoms with Gasteiger partial charge < -0.3 is 10.2 Å². The molecule has 3 aromatic carbocycles. The van der Waals surface area contributed by atoms with Crippen molar-refractivity contribution in [1.29, 1.82) is 0 Å². The van der Waals surface area contributed by atoms with Crippen LogP contribution in [0.25, 0.3) is 0 Å². The standard InChI is InChI=1S/C23H24N4O/c1-16-8-11-19(12-9-16)25-26-22-14-17(2)10-13-21(22)24-23(28)18-6-5-7-20(15-18)27(3)4/h5-15H,1-4H3,(H,24,28). The van der Waals surface area contributed by atoms with Crippen molar-refractivity contribution in [3.05, 3.63) is 83.4 Å². The molecule has 0 atom stereocenters. The van der Waals surface area contributed by atoms with Crippen LogP contribution in [0.3, 0.4) is 0 Å². The molecule has 0 bridgehead atoms. The SMILES string of the molecule is Cc1ccc(N=Nc2cc(C)ccc2NC(=O)c2cccc(N(C)C)c2)cc1. The van der Waals surface area contributed by atoms with Crippen LogP contribution in [0.5, 0.6) is 0 Å². The smallest absolute Gasteiger partial charge is 0.255 e. The summed E-state index contributed by atoms with van der Waals surface area (Å²) in [4.78, 5) is 14.7. The van der Waals surface area contributed by atoms with E-state index in [4.69, 9.17) is 0 Å². The summed E-state index contributed by atoms with van der Waals surface area (Å²) in [6.45, 7) is 4.01. The van der Waals surface area contributed by atoms with Gasteiger partial charge in [-0.15, -0.1) is 5.11 Å². The average molecular weight is 372 g/mol. The zero-order valence-corrected chi connectivity index (χ0v) is 16.6. The van der Waals surface area contributed by atoms with Crippen LogP contribution in [0.15, 0.2) is 77.0 Å². The van der Waals surface area contributed by atoms with Crippen molar-refractivity contribution < 1.29 is 4.79 Å². The van der Waals surface area contributed by atoms with Gasteiger partial charge in [0, 0.05) is 25.3 Å². The van der Waals surface area contributed by atoms with Crippen LogP contribution < -0.4 is 10.2 Å². The number of nitrogens with one attached hydrogen (secondary N) is 1. The van der Waals surface area contributed by atoms with E-state index >= 15 is 0 Å². The van der Waals surface area contributed by atoms with E-state index in [1.165, 1.54) is 5.56 Å². The lowest BCUT2D eigenvalue weighted by Gasteiger charge is -2.14. The lowest BCUT2D eigenvalue weighted by Crippen LogP contribution is -2.14. The number of rotatable bonds is 5. The number of carbonyl (C=O) groups is 1. The van der Waals surface area contributed by atoms with Crippen molar-refractivity contribution in [2.75, 3.05) is 24.3 Å². The third-order valence-electron chi connectivity index (χ3n) is 4.33. The van der Waals surface area contributed by atoms with Crippen LogP contribution in [-0.2, 0) is 0 Å². The van der Waals surface area contributed by atoms with Gasteiger partial charge in [0.25, 0.3) is 5.91 Å². The third-order valence-corrected chi connectivity index (χ3v) is 4.33. The molecule has 1 N–H and O–H groups in total. The van der Waals surface area contributed by atoms with E-state index in [9.17, 15) is 4.79 Å². The van der Waals surface area contributed by atoms with Crippen LogP contribution in [0.2, 0.25) is 0 Å². The molecule has 0 saturated carbocycles. The summed E-state index contributed by atoms with van der Waals surface area (Å²) < 4.78 is 0. The van der Waals surface area contributed by atoms with Gasteiger partial charge in [0.05, 0.1) is 11.4 Å². The molecular weight excluding hydrogens is 348 g/mol. The second-order valence-electron chi connectivity index (χ2n) is 6.96. The zero-order chi connectivity index (χ0) is 20.1. The number of nitrogens with zero attached hydrogens (tertiary/aromatic N) is 3. The molecule has 0 aliphatic carbocycles. The lowest BCUT2D eigenvalue weighted by atomic mass is 10.1. The Labute approximate surface area is 165 Å². The lowest BCUT2D eigenvalue weighted by molar-refractivity contribution is 0.102. The first kappa shape index (κ1) is 19.3. The fourth-order valence-electron chi connectivity index (χ4n) is 2.67. The predicted molar refractivity (Wildman–Crippen MR) is 115 cm³/mol. The first-order valence-corrected chi connectivity index (χ1v) is 9.10. The molecule has 3 aromatic rings. The van der Waals surface area contributed by atoms with Crippen molar-refractivity contribution in [3.8, 4) is 0 Å². The summed E-state index contributed by atoms with van der Waals surface area (Å²) in [5.41, 5.74) is 5.79. The number of anilines is 2. The van der Waals surface area contributed by atoms with Crippen LogP contribution in [0.1, 0.15) is 21.5 Å². The summed E-state index contributed by atoms with van der Waals surface area (Å²) in [7, 11) is 3.89. The number of carbonyl (C=O) groups excluding carboxylic acids is 1. The molecule has 0 fully saturated rings. The quantitative estimate of drug-likeness (QED) is 0.555. The highest BCUT2D eigenvalue weighted by Gasteiger charge is 2.11. The third kappa shape index (κ3) is 4.82. The molecular formula is C23H24N4O. The highest BCUT2D eigenvalue weighted by Crippen LogP contribution is 2.29. The van der Waals surface area contributed by atoms with Crippen LogP contribution in [-0.4, -0.2) is 20.0 Å². The van der Waals surface area contributed by atoms with Gasteiger partial charge in [-0.1, -0.05) is 29.8 Å². The van der Waals surface area contributed by atoms with Crippen molar-refractivity contribution in [1.82, 2.24) is 0 Å². The molecule has 0 saturated heterocycles. The maximum absolute atomic E-state index is 12.7. The van der Waals surface area contributed by atoms with E-state index in [1.807, 2.05) is 93.5 Å². The maximum Gasteiger partial charge on any atom is 0.255 e. The van der Waals surface area contributed by atoms with Gasteiger partial charge in [0.2, 0.25) is 0 Å². The molecule has 0 unspecified atom stereocenters. The Kier molecular flexibility index (Phi) is 5.84. The second-order valence-corrected chi connectivity index (χ2v) is 6.96. The number of aryl methyl sites for hydroxylation is 2. The van der Waals surface area contributed by atoms with E-state index in [1.54, 1.807) is 6.07 Å². The molecule has 5 nitrogen and oxygen atoms in total. The molecule has 3 rings (SSSR count). The van der Waals surface area contributed by atoms with Gasteiger partial charge in [-0.25, -0.2) is 0 Å². The van der Waals surface area contributed by atoms with Gasteiger partial charge in [-0.05, 0) is 61.9 Å². The highest BCUT2D eigenvalue weighted by atomic mass is 16.1. The van der Waals surface area contributed by atoms with Gasteiger partial charge in [-0.2, -0.15) is 5.11 Å². The summed E-state index contributed by atoms with van der Waals surface area (Å²) in [5.74, 6) is -0.181. The molecule has 1 amide bonds. The van der Waals surface area contributed by atoms with Gasteiger partial charge in [0.1, 0.15) is 5.69 Å².